The highest BCUT2D eigenvalue weighted by atomic mass is 16.5. The Morgan fingerprint density at radius 1 is 1.50 bits per heavy atom. The fourth-order valence-corrected chi connectivity index (χ4v) is 1.03. The number of carbonyl (C=O) groups is 1. The Morgan fingerprint density at radius 3 is 2.93 bits per heavy atom. The van der Waals surface area contributed by atoms with Crippen LogP contribution in [0.1, 0.15) is 12.0 Å². The number of benzene rings is 1. The number of carboxylic acids is 1. The number of hydrogen-bond acceptors (Lipinski definition) is 3. The van der Waals surface area contributed by atoms with Crippen LogP contribution >= 0.6 is 0 Å². The summed E-state index contributed by atoms with van der Waals surface area (Å²) in [6.45, 7) is 0.627. The number of nitrogen functional groups attached to an aromatic ring is 1. The molecular weight excluding hydrogens is 182 g/mol. The SMILES string of the molecule is Nc1cccc(COCCC(=O)O)c1. The van der Waals surface area contributed by atoms with Gasteiger partial charge in [0.15, 0.2) is 0 Å². The van der Waals surface area contributed by atoms with E-state index in [2.05, 4.69) is 0 Å². The molecule has 3 N–H and O–H groups in total. The summed E-state index contributed by atoms with van der Waals surface area (Å²) in [6, 6.07) is 7.32. The van der Waals surface area contributed by atoms with E-state index >= 15 is 0 Å². The molecule has 1 aromatic carbocycles. The summed E-state index contributed by atoms with van der Waals surface area (Å²) in [5.74, 6) is -0.849. The van der Waals surface area contributed by atoms with Gasteiger partial charge in [-0.25, -0.2) is 0 Å². The summed E-state index contributed by atoms with van der Waals surface area (Å²) in [7, 11) is 0. The van der Waals surface area contributed by atoms with Crippen LogP contribution in [0.3, 0.4) is 0 Å². The van der Waals surface area contributed by atoms with Crippen LogP contribution in [0.15, 0.2) is 24.3 Å². The Hall–Kier alpha value is -1.55. The maximum atomic E-state index is 10.2. The van der Waals surface area contributed by atoms with Gasteiger partial charge >= 0.3 is 5.97 Å². The highest BCUT2D eigenvalue weighted by Gasteiger charge is 1.97. The van der Waals surface area contributed by atoms with E-state index in [0.29, 0.717) is 12.3 Å². The number of nitrogens with two attached hydrogens (primary N) is 1. The van der Waals surface area contributed by atoms with Gasteiger partial charge in [0.1, 0.15) is 0 Å². The molecule has 4 heteroatoms. The first-order chi connectivity index (χ1) is 6.68. The molecule has 0 aliphatic carbocycles. The monoisotopic (exact) mass is 195 g/mol. The second-order valence-corrected chi connectivity index (χ2v) is 2.94. The average Bonchev–Trinajstić information content (AvgIpc) is 2.12. The number of aliphatic carboxylic acids is 1. The highest BCUT2D eigenvalue weighted by molar-refractivity contribution is 5.66. The first kappa shape index (κ1) is 10.5. The maximum absolute atomic E-state index is 10.2. The summed E-state index contributed by atoms with van der Waals surface area (Å²) in [5.41, 5.74) is 7.20. The van der Waals surface area contributed by atoms with Crippen molar-refractivity contribution in [3.05, 3.63) is 29.8 Å². The van der Waals surface area contributed by atoms with E-state index in [-0.39, 0.29) is 13.0 Å². The second kappa shape index (κ2) is 5.24. The normalized spacial score (nSPS) is 10.0. The topological polar surface area (TPSA) is 72.5 Å². The Labute approximate surface area is 82.3 Å². The second-order valence-electron chi connectivity index (χ2n) is 2.94. The molecule has 0 amide bonds. The molecule has 4 nitrogen and oxygen atoms in total. The molecule has 0 spiro atoms. The van der Waals surface area contributed by atoms with Gasteiger partial charge in [-0.2, -0.15) is 0 Å². The maximum Gasteiger partial charge on any atom is 0.305 e. The van der Waals surface area contributed by atoms with E-state index in [0.717, 1.165) is 5.56 Å². The molecule has 76 valence electrons. The van der Waals surface area contributed by atoms with Gasteiger partial charge in [-0.15, -0.1) is 0 Å². The van der Waals surface area contributed by atoms with E-state index < -0.39 is 5.97 Å². The molecule has 0 heterocycles. The average molecular weight is 195 g/mol. The molecule has 0 saturated carbocycles. The van der Waals surface area contributed by atoms with Crippen molar-refractivity contribution in [3.63, 3.8) is 0 Å². The van der Waals surface area contributed by atoms with Crippen LogP contribution in [0.4, 0.5) is 5.69 Å². The number of hydrogen-bond donors (Lipinski definition) is 2. The van der Waals surface area contributed by atoms with Gasteiger partial charge in [-0.05, 0) is 17.7 Å². The zero-order valence-electron chi connectivity index (χ0n) is 7.77. The van der Waals surface area contributed by atoms with Gasteiger partial charge < -0.3 is 15.6 Å². The van der Waals surface area contributed by atoms with Crippen LogP contribution in [-0.4, -0.2) is 17.7 Å². The van der Waals surface area contributed by atoms with Gasteiger partial charge in [-0.1, -0.05) is 12.1 Å². The zero-order valence-corrected chi connectivity index (χ0v) is 7.77. The lowest BCUT2D eigenvalue weighted by Gasteiger charge is -2.03. The molecule has 0 aliphatic heterocycles. The van der Waals surface area contributed by atoms with Crippen molar-refractivity contribution in [2.75, 3.05) is 12.3 Å². The summed E-state index contributed by atoms with van der Waals surface area (Å²) in [4.78, 5) is 10.2. The molecule has 0 aromatic heterocycles. The van der Waals surface area contributed by atoms with Gasteiger partial charge in [0.05, 0.1) is 19.6 Å². The smallest absolute Gasteiger partial charge is 0.305 e. The lowest BCUT2D eigenvalue weighted by Crippen LogP contribution is -2.02. The van der Waals surface area contributed by atoms with Crippen molar-refractivity contribution < 1.29 is 14.6 Å². The molecule has 0 unspecified atom stereocenters. The molecule has 0 saturated heterocycles. The van der Waals surface area contributed by atoms with Gasteiger partial charge in [0.2, 0.25) is 0 Å². The Morgan fingerprint density at radius 2 is 2.29 bits per heavy atom. The number of anilines is 1. The summed E-state index contributed by atoms with van der Waals surface area (Å²) in [5, 5.41) is 8.35. The number of ether oxygens (including phenoxy) is 1. The van der Waals surface area contributed by atoms with E-state index in [1.54, 1.807) is 12.1 Å². The van der Waals surface area contributed by atoms with Crippen molar-refractivity contribution in [1.29, 1.82) is 0 Å². The largest absolute Gasteiger partial charge is 0.481 e. The van der Waals surface area contributed by atoms with E-state index in [1.165, 1.54) is 0 Å². The lowest BCUT2D eigenvalue weighted by atomic mass is 10.2. The molecule has 0 bridgehead atoms. The Balaban J connectivity index is 2.28. The van der Waals surface area contributed by atoms with E-state index in [9.17, 15) is 4.79 Å². The molecule has 1 rings (SSSR count). The third-order valence-electron chi connectivity index (χ3n) is 1.68. The molecule has 0 atom stereocenters. The molecule has 0 aliphatic rings. The van der Waals surface area contributed by atoms with E-state index in [1.807, 2.05) is 12.1 Å². The van der Waals surface area contributed by atoms with Crippen molar-refractivity contribution in [2.24, 2.45) is 0 Å². The van der Waals surface area contributed by atoms with Crippen LogP contribution in [0.2, 0.25) is 0 Å². The Kier molecular flexibility index (Phi) is 3.94. The lowest BCUT2D eigenvalue weighted by molar-refractivity contribution is -0.138. The zero-order chi connectivity index (χ0) is 10.4. The first-order valence-electron chi connectivity index (χ1n) is 4.32. The minimum absolute atomic E-state index is 0.0301. The summed E-state index contributed by atoms with van der Waals surface area (Å²) < 4.78 is 5.15. The van der Waals surface area contributed by atoms with Crippen LogP contribution in [0, 0.1) is 0 Å². The number of rotatable bonds is 5. The van der Waals surface area contributed by atoms with Gasteiger partial charge in [0.25, 0.3) is 0 Å². The van der Waals surface area contributed by atoms with Crippen molar-refractivity contribution in [1.82, 2.24) is 0 Å². The van der Waals surface area contributed by atoms with E-state index in [4.69, 9.17) is 15.6 Å². The Bertz CT molecular complexity index is 312. The van der Waals surface area contributed by atoms with Gasteiger partial charge in [-0.3, -0.25) is 4.79 Å². The van der Waals surface area contributed by atoms with Crippen LogP contribution in [0.5, 0.6) is 0 Å². The van der Waals surface area contributed by atoms with Crippen LogP contribution < -0.4 is 5.73 Å². The first-order valence-corrected chi connectivity index (χ1v) is 4.32. The predicted octanol–water partition coefficient (Wildman–Crippen LogP) is 1.26. The summed E-state index contributed by atoms with van der Waals surface area (Å²) in [6.07, 6.45) is 0.0301. The fourth-order valence-electron chi connectivity index (χ4n) is 1.03. The fraction of sp³-hybridized carbons (Fsp3) is 0.300. The quantitative estimate of drug-likeness (QED) is 0.548. The molecule has 0 fully saturated rings. The van der Waals surface area contributed by atoms with Gasteiger partial charge in [0, 0.05) is 5.69 Å². The van der Waals surface area contributed by atoms with Crippen molar-refractivity contribution in [2.45, 2.75) is 13.0 Å². The molecular formula is C10H13NO3. The molecule has 1 aromatic rings. The standard InChI is InChI=1S/C10H13NO3/c11-9-3-1-2-8(6-9)7-14-5-4-10(12)13/h1-3,6H,4-5,7,11H2,(H,12,13). The third-order valence-corrected chi connectivity index (χ3v) is 1.68. The third kappa shape index (κ3) is 3.91. The minimum Gasteiger partial charge on any atom is -0.481 e. The number of carboxylic acid groups (broad SMARTS) is 1. The van der Waals surface area contributed by atoms with Crippen molar-refractivity contribution in [3.8, 4) is 0 Å². The predicted molar refractivity (Wildman–Crippen MR) is 52.8 cm³/mol. The summed E-state index contributed by atoms with van der Waals surface area (Å²) >= 11 is 0. The van der Waals surface area contributed by atoms with Crippen molar-refractivity contribution >= 4 is 11.7 Å². The molecule has 0 radical (unpaired) electrons. The van der Waals surface area contributed by atoms with Crippen LogP contribution in [-0.2, 0) is 16.1 Å². The van der Waals surface area contributed by atoms with Crippen LogP contribution in [0.25, 0.3) is 0 Å². The highest BCUT2D eigenvalue weighted by Crippen LogP contribution is 2.07. The molecule has 14 heavy (non-hydrogen) atoms. The minimum atomic E-state index is -0.849.